The lowest BCUT2D eigenvalue weighted by molar-refractivity contribution is -0.146. The number of hydrogen-bond donors (Lipinski definition) is 1. The molecule has 96 valence electrons. The van der Waals surface area contributed by atoms with Gasteiger partial charge in [0.1, 0.15) is 6.04 Å². The van der Waals surface area contributed by atoms with Crippen LogP contribution in [0.4, 0.5) is 5.13 Å². The smallest absolute Gasteiger partial charge is 0.323 e. The Kier molecular flexibility index (Phi) is 5.17. The van der Waals surface area contributed by atoms with Crippen molar-refractivity contribution in [2.24, 2.45) is 0 Å². The minimum atomic E-state index is -0.144. The van der Waals surface area contributed by atoms with Gasteiger partial charge >= 0.3 is 5.97 Å². The molecule has 1 aliphatic rings. The molecule has 2 N–H and O–H groups in total. The highest BCUT2D eigenvalue weighted by Crippen LogP contribution is 2.23. The maximum absolute atomic E-state index is 11.5. The van der Waals surface area contributed by atoms with Gasteiger partial charge in [-0.15, -0.1) is 23.7 Å². The number of rotatable bonds is 3. The Morgan fingerprint density at radius 2 is 2.53 bits per heavy atom. The molecule has 1 fully saturated rings. The minimum absolute atomic E-state index is 0. The van der Waals surface area contributed by atoms with Crippen LogP contribution in [-0.4, -0.2) is 35.5 Å². The van der Waals surface area contributed by atoms with E-state index in [1.165, 1.54) is 18.4 Å². The monoisotopic (exact) mass is 277 g/mol. The van der Waals surface area contributed by atoms with Gasteiger partial charge in [-0.2, -0.15) is 0 Å². The summed E-state index contributed by atoms with van der Waals surface area (Å²) in [6, 6.07) is -0.103. The van der Waals surface area contributed by atoms with E-state index < -0.39 is 0 Å². The molecule has 2 heterocycles. The molecule has 0 amide bonds. The van der Waals surface area contributed by atoms with Crippen LogP contribution < -0.4 is 5.73 Å². The molecule has 0 aliphatic carbocycles. The number of ether oxygens (including phenoxy) is 1. The first kappa shape index (κ1) is 14.2. The number of carbonyl (C=O) groups excluding carboxylic acids is 1. The predicted molar refractivity (Wildman–Crippen MR) is 69.2 cm³/mol. The summed E-state index contributed by atoms with van der Waals surface area (Å²) in [6.07, 6.45) is 3.68. The summed E-state index contributed by atoms with van der Waals surface area (Å²) in [5.41, 5.74) is 5.57. The molecule has 1 aromatic heterocycles. The van der Waals surface area contributed by atoms with E-state index in [1.54, 1.807) is 6.20 Å². The lowest BCUT2D eigenvalue weighted by atomic mass is 10.2. The average Bonchev–Trinajstić information content (AvgIpc) is 2.87. The quantitative estimate of drug-likeness (QED) is 0.843. The number of esters is 1. The van der Waals surface area contributed by atoms with Crippen molar-refractivity contribution in [3.63, 3.8) is 0 Å². The normalized spacial score (nSPS) is 19.9. The number of nitrogen functional groups attached to an aromatic ring is 1. The third-order valence-corrected chi connectivity index (χ3v) is 3.58. The van der Waals surface area contributed by atoms with E-state index in [9.17, 15) is 4.79 Å². The van der Waals surface area contributed by atoms with Crippen LogP contribution in [-0.2, 0) is 16.1 Å². The number of nitrogens with two attached hydrogens (primary N) is 1. The van der Waals surface area contributed by atoms with Crippen molar-refractivity contribution in [1.82, 2.24) is 9.88 Å². The summed E-state index contributed by atoms with van der Waals surface area (Å²) < 4.78 is 4.79. The molecule has 1 aromatic rings. The van der Waals surface area contributed by atoms with Crippen molar-refractivity contribution in [3.8, 4) is 0 Å². The van der Waals surface area contributed by atoms with E-state index in [1.807, 2.05) is 0 Å². The molecule has 1 atom stereocenters. The Balaban J connectivity index is 0.00000144. The van der Waals surface area contributed by atoms with Crippen LogP contribution >= 0.6 is 23.7 Å². The van der Waals surface area contributed by atoms with Crippen LogP contribution in [0.25, 0.3) is 0 Å². The fourth-order valence-corrected chi connectivity index (χ4v) is 2.72. The summed E-state index contributed by atoms with van der Waals surface area (Å²) in [7, 11) is 1.43. The molecule has 0 radical (unpaired) electrons. The van der Waals surface area contributed by atoms with Gasteiger partial charge < -0.3 is 10.5 Å². The van der Waals surface area contributed by atoms with E-state index in [4.69, 9.17) is 10.5 Å². The van der Waals surface area contributed by atoms with Gasteiger partial charge in [-0.05, 0) is 19.4 Å². The number of hydrogen-bond acceptors (Lipinski definition) is 6. The van der Waals surface area contributed by atoms with Gasteiger partial charge in [-0.1, -0.05) is 0 Å². The van der Waals surface area contributed by atoms with Gasteiger partial charge in [0.05, 0.1) is 7.11 Å². The maximum atomic E-state index is 11.5. The van der Waals surface area contributed by atoms with Crippen molar-refractivity contribution in [1.29, 1.82) is 0 Å². The molecule has 0 saturated carbocycles. The van der Waals surface area contributed by atoms with Crippen molar-refractivity contribution >= 4 is 34.8 Å². The van der Waals surface area contributed by atoms with Crippen molar-refractivity contribution in [2.75, 3.05) is 19.4 Å². The summed E-state index contributed by atoms with van der Waals surface area (Å²) >= 11 is 1.47. The van der Waals surface area contributed by atoms with Gasteiger partial charge in [-0.3, -0.25) is 9.69 Å². The Morgan fingerprint density at radius 3 is 3.12 bits per heavy atom. The second-order valence-electron chi connectivity index (χ2n) is 3.82. The molecule has 1 unspecified atom stereocenters. The zero-order valence-electron chi connectivity index (χ0n) is 9.59. The largest absolute Gasteiger partial charge is 0.468 e. The topological polar surface area (TPSA) is 68.5 Å². The number of carbonyl (C=O) groups is 1. The molecule has 17 heavy (non-hydrogen) atoms. The van der Waals surface area contributed by atoms with E-state index in [2.05, 4.69) is 9.88 Å². The standard InChI is InChI=1S/C10H15N3O2S.ClH/c1-15-9(14)8-3-2-4-13(8)6-7-5-12-10(11)16-7;/h5,8H,2-4,6H2,1H3,(H2,11,12);1H. The third kappa shape index (κ3) is 3.31. The van der Waals surface area contributed by atoms with Gasteiger partial charge in [0.25, 0.3) is 0 Å². The van der Waals surface area contributed by atoms with Crippen molar-refractivity contribution in [3.05, 3.63) is 11.1 Å². The maximum Gasteiger partial charge on any atom is 0.323 e. The average molecular weight is 278 g/mol. The number of aromatic nitrogens is 1. The van der Waals surface area contributed by atoms with E-state index in [-0.39, 0.29) is 24.4 Å². The van der Waals surface area contributed by atoms with E-state index in [0.717, 1.165) is 30.8 Å². The Hall–Kier alpha value is -0.850. The molecule has 5 nitrogen and oxygen atoms in total. The number of halogens is 1. The van der Waals surface area contributed by atoms with Gasteiger partial charge in [0.15, 0.2) is 5.13 Å². The molecule has 1 aliphatic heterocycles. The van der Waals surface area contributed by atoms with Crippen LogP contribution in [0.15, 0.2) is 6.20 Å². The molecular formula is C10H16ClN3O2S. The Labute approximate surface area is 110 Å². The number of methoxy groups -OCH3 is 1. The summed E-state index contributed by atoms with van der Waals surface area (Å²) in [5.74, 6) is -0.144. The Bertz CT molecular complexity index is 385. The highest BCUT2D eigenvalue weighted by molar-refractivity contribution is 7.15. The van der Waals surface area contributed by atoms with Gasteiger partial charge in [-0.25, -0.2) is 4.98 Å². The first-order valence-corrected chi connectivity index (χ1v) is 6.04. The fraction of sp³-hybridized carbons (Fsp3) is 0.600. The van der Waals surface area contributed by atoms with Crippen LogP contribution in [0.5, 0.6) is 0 Å². The van der Waals surface area contributed by atoms with Crippen LogP contribution in [0, 0.1) is 0 Å². The predicted octanol–water partition coefficient (Wildman–Crippen LogP) is 1.28. The number of nitrogens with zero attached hydrogens (tertiary/aromatic N) is 2. The molecule has 0 aromatic carbocycles. The second kappa shape index (κ2) is 6.18. The Morgan fingerprint density at radius 1 is 1.76 bits per heavy atom. The SMILES string of the molecule is COC(=O)C1CCCN1Cc1cnc(N)s1.Cl. The number of likely N-dealkylation sites (tertiary alicyclic amines) is 1. The zero-order chi connectivity index (χ0) is 11.5. The molecule has 7 heteroatoms. The molecule has 0 spiro atoms. The van der Waals surface area contributed by atoms with Gasteiger partial charge in [0.2, 0.25) is 0 Å². The first-order valence-electron chi connectivity index (χ1n) is 5.23. The van der Waals surface area contributed by atoms with E-state index in [0.29, 0.717) is 5.13 Å². The van der Waals surface area contributed by atoms with E-state index >= 15 is 0 Å². The van der Waals surface area contributed by atoms with Gasteiger partial charge in [0, 0.05) is 17.6 Å². The summed E-state index contributed by atoms with van der Waals surface area (Å²) in [5, 5.41) is 0.573. The summed E-state index contributed by atoms with van der Waals surface area (Å²) in [6.45, 7) is 1.66. The molecule has 0 bridgehead atoms. The highest BCUT2D eigenvalue weighted by atomic mass is 35.5. The molecule has 2 rings (SSSR count). The fourth-order valence-electron chi connectivity index (χ4n) is 2.01. The number of thiazole rings is 1. The number of anilines is 1. The zero-order valence-corrected chi connectivity index (χ0v) is 11.2. The third-order valence-electron chi connectivity index (χ3n) is 2.77. The van der Waals surface area contributed by atoms with Crippen molar-refractivity contribution < 1.29 is 9.53 Å². The second-order valence-corrected chi connectivity index (χ2v) is 4.96. The minimum Gasteiger partial charge on any atom is -0.468 e. The molecular weight excluding hydrogens is 262 g/mol. The lowest BCUT2D eigenvalue weighted by Gasteiger charge is -2.21. The highest BCUT2D eigenvalue weighted by Gasteiger charge is 2.31. The molecule has 1 saturated heterocycles. The van der Waals surface area contributed by atoms with Crippen LogP contribution in [0.2, 0.25) is 0 Å². The van der Waals surface area contributed by atoms with Crippen LogP contribution in [0.1, 0.15) is 17.7 Å². The lowest BCUT2D eigenvalue weighted by Crippen LogP contribution is -2.36. The van der Waals surface area contributed by atoms with Crippen LogP contribution in [0.3, 0.4) is 0 Å². The van der Waals surface area contributed by atoms with Crippen molar-refractivity contribution in [2.45, 2.75) is 25.4 Å². The summed E-state index contributed by atoms with van der Waals surface area (Å²) in [4.78, 5) is 18.7. The first-order chi connectivity index (χ1) is 7.70.